The topological polar surface area (TPSA) is 66.5 Å². The molecule has 1 heterocycles. The smallest absolute Gasteiger partial charge is 0.253 e. The van der Waals surface area contributed by atoms with Crippen molar-refractivity contribution >= 4 is 17.7 Å². The summed E-state index contributed by atoms with van der Waals surface area (Å²) in [5, 5.41) is 2.64. The van der Waals surface area contributed by atoms with Gasteiger partial charge in [0.15, 0.2) is 0 Å². The summed E-state index contributed by atoms with van der Waals surface area (Å²) in [5.74, 6) is -0.306. The summed E-state index contributed by atoms with van der Waals surface area (Å²) in [5.41, 5.74) is 0. The molecule has 120 valence electrons. The molecule has 0 aromatic heterocycles. The molecule has 3 aliphatic rings. The Labute approximate surface area is 148 Å². The molecule has 0 aromatic rings. The van der Waals surface area contributed by atoms with E-state index in [9.17, 15) is 14.4 Å². The first kappa shape index (κ1) is 19.9. The maximum absolute atomic E-state index is 11.5. The molecule has 0 saturated heterocycles. The van der Waals surface area contributed by atoms with Gasteiger partial charge in [-0.05, 0) is 57.8 Å². The molecule has 2 saturated carbocycles. The number of rotatable bonds is 4. The zero-order valence-corrected chi connectivity index (χ0v) is 13.4. The van der Waals surface area contributed by atoms with Crippen LogP contribution in [0, 0.1) is 63.7 Å². The van der Waals surface area contributed by atoms with Gasteiger partial charge in [0.1, 0.15) is 0 Å². The molecule has 0 atom stereocenters. The van der Waals surface area contributed by atoms with Gasteiger partial charge in [0, 0.05) is 42.3 Å². The van der Waals surface area contributed by atoms with E-state index in [0.717, 1.165) is 4.90 Å². The van der Waals surface area contributed by atoms with Gasteiger partial charge < -0.3 is 5.32 Å². The van der Waals surface area contributed by atoms with Crippen molar-refractivity contribution in [3.63, 3.8) is 0 Å². The van der Waals surface area contributed by atoms with Crippen LogP contribution in [0.2, 0.25) is 0 Å². The first-order valence-corrected chi connectivity index (χ1v) is 6.88. The first-order chi connectivity index (χ1) is 10.7. The first-order valence-electron chi connectivity index (χ1n) is 6.88. The Bertz CT molecular complexity index is 416. The Kier molecular flexibility index (Phi) is 9.19. The van der Waals surface area contributed by atoms with E-state index >= 15 is 0 Å². The molecule has 6 heteroatoms. The summed E-state index contributed by atoms with van der Waals surface area (Å²) in [6.45, 7) is 0.445. The SMILES string of the molecule is O=C(NCCN1C(=O)C=CC1=O)[C]1[CH][CH][CH][CH]1.[CH]1[CH][CH][CH][CH]1.[Fe]. The van der Waals surface area contributed by atoms with Crippen LogP contribution in [-0.4, -0.2) is 35.7 Å². The number of nitrogens with one attached hydrogen (secondary N) is 1. The number of nitrogens with zero attached hydrogens (tertiary/aromatic N) is 1. The van der Waals surface area contributed by atoms with Gasteiger partial charge in [0.25, 0.3) is 11.8 Å². The van der Waals surface area contributed by atoms with Crippen LogP contribution >= 0.6 is 0 Å². The minimum Gasteiger partial charge on any atom is -0.354 e. The van der Waals surface area contributed by atoms with Crippen molar-refractivity contribution < 1.29 is 31.5 Å². The fourth-order valence-corrected chi connectivity index (χ4v) is 1.88. The number of hydrogen-bond donors (Lipinski definition) is 1. The Balaban J connectivity index is 0.000000377. The van der Waals surface area contributed by atoms with E-state index in [-0.39, 0.29) is 47.9 Å². The molecular formula is C17H16FeN2O3. The molecule has 23 heavy (non-hydrogen) atoms. The molecule has 3 amide bonds. The predicted molar refractivity (Wildman–Crippen MR) is 80.8 cm³/mol. The molecule has 2 fully saturated rings. The van der Waals surface area contributed by atoms with Crippen LogP contribution in [0.4, 0.5) is 0 Å². The summed E-state index contributed by atoms with van der Waals surface area (Å²) in [6.07, 6.45) is 19.4. The van der Waals surface area contributed by atoms with Crippen molar-refractivity contribution in [3.05, 3.63) is 75.9 Å². The summed E-state index contributed by atoms with van der Waals surface area (Å²) in [4.78, 5) is 35.0. The number of carbonyl (C=O) groups excluding carboxylic acids is 3. The molecule has 0 unspecified atom stereocenters. The average molecular weight is 352 g/mol. The van der Waals surface area contributed by atoms with E-state index in [4.69, 9.17) is 0 Å². The van der Waals surface area contributed by atoms with Crippen molar-refractivity contribution in [3.8, 4) is 0 Å². The van der Waals surface area contributed by atoms with E-state index < -0.39 is 0 Å². The predicted octanol–water partition coefficient (Wildman–Crippen LogP) is 0.452. The van der Waals surface area contributed by atoms with E-state index in [0.29, 0.717) is 5.92 Å². The van der Waals surface area contributed by atoms with E-state index in [2.05, 4.69) is 5.32 Å². The van der Waals surface area contributed by atoms with Crippen LogP contribution in [0.1, 0.15) is 0 Å². The second-order valence-electron chi connectivity index (χ2n) is 4.55. The largest absolute Gasteiger partial charge is 0.354 e. The van der Waals surface area contributed by atoms with Gasteiger partial charge in [0.05, 0.1) is 5.92 Å². The van der Waals surface area contributed by atoms with Crippen LogP contribution in [0.3, 0.4) is 0 Å². The van der Waals surface area contributed by atoms with Crippen molar-refractivity contribution in [2.45, 2.75) is 0 Å². The standard InChI is InChI=1S/C12H11N2O3.C5H5.Fe/c15-10-5-6-11(16)14(10)8-7-13-12(17)9-3-1-2-4-9;1-2-4-5-3-1;/h1-6H,7-8H2,(H,13,17);1-5H;. The second-order valence-corrected chi connectivity index (χ2v) is 4.55. The van der Waals surface area contributed by atoms with Crippen molar-refractivity contribution in [2.24, 2.45) is 0 Å². The number of hydrogen-bond acceptors (Lipinski definition) is 3. The molecule has 0 aromatic carbocycles. The third kappa shape index (κ3) is 6.48. The van der Waals surface area contributed by atoms with Gasteiger partial charge in [-0.15, -0.1) is 0 Å². The average Bonchev–Trinajstić information content (AvgIpc) is 3.26. The fraction of sp³-hybridized carbons (Fsp3) is 0.118. The van der Waals surface area contributed by atoms with E-state index in [1.54, 1.807) is 25.7 Å². The maximum Gasteiger partial charge on any atom is 0.253 e. The molecule has 3 rings (SSSR count). The molecule has 10 radical (unpaired) electrons. The Hall–Kier alpha value is -1.13. The summed E-state index contributed by atoms with van der Waals surface area (Å²) in [6, 6.07) is 0. The minimum absolute atomic E-state index is 0. The molecule has 2 aliphatic carbocycles. The van der Waals surface area contributed by atoms with Crippen LogP contribution < -0.4 is 5.32 Å². The molecule has 0 spiro atoms. The zero-order valence-electron chi connectivity index (χ0n) is 12.3. The molecule has 1 N–H and O–H groups in total. The third-order valence-corrected chi connectivity index (χ3v) is 3.00. The van der Waals surface area contributed by atoms with Gasteiger partial charge in [-0.3, -0.25) is 19.3 Å². The molecule has 0 bridgehead atoms. The summed E-state index contributed by atoms with van der Waals surface area (Å²) < 4.78 is 0. The van der Waals surface area contributed by atoms with Crippen LogP contribution in [0.15, 0.2) is 12.2 Å². The van der Waals surface area contributed by atoms with Gasteiger partial charge in [-0.2, -0.15) is 0 Å². The van der Waals surface area contributed by atoms with Gasteiger partial charge in [-0.25, -0.2) is 0 Å². The maximum atomic E-state index is 11.5. The third-order valence-electron chi connectivity index (χ3n) is 3.00. The van der Waals surface area contributed by atoms with Crippen LogP contribution in [-0.2, 0) is 31.5 Å². The van der Waals surface area contributed by atoms with E-state index in [1.165, 1.54) is 12.2 Å². The number of carbonyl (C=O) groups is 3. The number of amides is 3. The second kappa shape index (κ2) is 10.6. The fourth-order valence-electron chi connectivity index (χ4n) is 1.88. The molecular weight excluding hydrogens is 336 g/mol. The summed E-state index contributed by atoms with van der Waals surface area (Å²) >= 11 is 0. The van der Waals surface area contributed by atoms with Crippen LogP contribution in [0.25, 0.3) is 0 Å². The van der Waals surface area contributed by atoms with Gasteiger partial charge in [-0.1, -0.05) is 0 Å². The van der Waals surface area contributed by atoms with E-state index in [1.807, 2.05) is 32.1 Å². The van der Waals surface area contributed by atoms with Crippen molar-refractivity contribution in [1.29, 1.82) is 0 Å². The Morgan fingerprint density at radius 1 is 0.870 bits per heavy atom. The summed E-state index contributed by atoms with van der Waals surface area (Å²) in [7, 11) is 0. The number of imide groups is 1. The normalized spacial score (nSPS) is 20.3. The molecule has 5 nitrogen and oxygen atoms in total. The van der Waals surface area contributed by atoms with Gasteiger partial charge >= 0.3 is 0 Å². The Morgan fingerprint density at radius 3 is 1.83 bits per heavy atom. The minimum atomic E-state index is -0.336. The van der Waals surface area contributed by atoms with Gasteiger partial charge in [0.2, 0.25) is 5.91 Å². The Morgan fingerprint density at radius 2 is 1.35 bits per heavy atom. The van der Waals surface area contributed by atoms with Crippen LogP contribution in [0.5, 0.6) is 0 Å². The quantitative estimate of drug-likeness (QED) is 0.590. The van der Waals surface area contributed by atoms with Crippen molar-refractivity contribution in [2.75, 3.05) is 13.1 Å². The molecule has 1 aliphatic heterocycles. The monoisotopic (exact) mass is 352 g/mol. The van der Waals surface area contributed by atoms with Crippen molar-refractivity contribution in [1.82, 2.24) is 10.2 Å². The zero-order chi connectivity index (χ0) is 15.8.